The average Bonchev–Trinajstić information content (AvgIpc) is 3.05. The van der Waals surface area contributed by atoms with Gasteiger partial charge in [-0.1, -0.05) is 49.0 Å². The number of ether oxygens (including phenoxy) is 1. The number of para-hydroxylation sites is 2. The number of nitrogens with zero attached hydrogens (tertiary/aromatic N) is 4. The number of carbonyl (C=O) groups excluding carboxylic acids is 1. The largest absolute Gasteiger partial charge is 0.492 e. The van der Waals surface area contributed by atoms with Crippen LogP contribution in [0.15, 0.2) is 53.7 Å². The number of fused-ring (bicyclic) bond motifs is 3. The first-order valence-corrected chi connectivity index (χ1v) is 10.6. The van der Waals surface area contributed by atoms with Crippen molar-refractivity contribution in [1.82, 2.24) is 19.7 Å². The predicted molar refractivity (Wildman–Crippen MR) is 116 cm³/mol. The number of Topliss-reactive ketones (excluding diaryl/α,β-unsaturated/α-hetero) is 1. The van der Waals surface area contributed by atoms with Crippen molar-refractivity contribution < 1.29 is 9.53 Å². The molecule has 0 unspecified atom stereocenters. The van der Waals surface area contributed by atoms with Gasteiger partial charge in [0.25, 0.3) is 0 Å². The monoisotopic (exact) mass is 406 g/mol. The number of thioether (sulfide) groups is 1. The fourth-order valence-electron chi connectivity index (χ4n) is 3.37. The number of aromatic nitrogens is 4. The molecule has 4 rings (SSSR count). The van der Waals surface area contributed by atoms with Crippen molar-refractivity contribution in [2.75, 3.05) is 12.4 Å². The molecular formula is C22H22N4O2S. The second kappa shape index (κ2) is 8.61. The Hall–Kier alpha value is -2.93. The molecule has 0 bridgehead atoms. The summed E-state index contributed by atoms with van der Waals surface area (Å²) >= 11 is 1.50. The lowest BCUT2D eigenvalue weighted by molar-refractivity contribution is 0.101. The van der Waals surface area contributed by atoms with E-state index in [1.807, 2.05) is 30.3 Å². The number of carbonyl (C=O) groups is 1. The Balaban J connectivity index is 1.50. The van der Waals surface area contributed by atoms with Gasteiger partial charge in [-0.05, 0) is 31.5 Å². The third-order valence-corrected chi connectivity index (χ3v) is 5.44. The third-order valence-electron chi connectivity index (χ3n) is 4.64. The third kappa shape index (κ3) is 3.96. The Morgan fingerprint density at radius 3 is 2.72 bits per heavy atom. The first-order chi connectivity index (χ1) is 14.2. The van der Waals surface area contributed by atoms with Crippen LogP contribution in [0.3, 0.4) is 0 Å². The molecule has 0 aliphatic rings. The molecule has 0 N–H and O–H groups in total. The highest BCUT2D eigenvalue weighted by Gasteiger charge is 2.14. The fourth-order valence-corrected chi connectivity index (χ4v) is 3.97. The molecule has 0 aliphatic heterocycles. The summed E-state index contributed by atoms with van der Waals surface area (Å²) in [5, 5.41) is 10.5. The predicted octanol–water partition coefficient (Wildman–Crippen LogP) is 4.76. The highest BCUT2D eigenvalue weighted by molar-refractivity contribution is 7.99. The number of benzene rings is 2. The van der Waals surface area contributed by atoms with Crippen LogP contribution in [0.5, 0.6) is 5.75 Å². The molecular weight excluding hydrogens is 384 g/mol. The minimum atomic E-state index is -0.00464. The van der Waals surface area contributed by atoms with E-state index in [-0.39, 0.29) is 5.78 Å². The standard InChI is InChI=1S/C22H22N4O2S/c1-3-12-26-18-10-6-4-9-17(18)20-21(26)23-22(25-24-20)29-14-13-28-19-11-7-5-8-16(19)15(2)27/h4-11H,3,12-14H2,1-2H3. The summed E-state index contributed by atoms with van der Waals surface area (Å²) < 4.78 is 8.01. The van der Waals surface area contributed by atoms with Gasteiger partial charge in [0, 0.05) is 17.7 Å². The summed E-state index contributed by atoms with van der Waals surface area (Å²) in [5.74, 6) is 1.26. The van der Waals surface area contributed by atoms with Gasteiger partial charge in [-0.3, -0.25) is 4.79 Å². The number of aryl methyl sites for hydroxylation is 1. The summed E-state index contributed by atoms with van der Waals surface area (Å²) in [6, 6.07) is 15.5. The first kappa shape index (κ1) is 19.4. The Kier molecular flexibility index (Phi) is 5.76. The highest BCUT2D eigenvalue weighted by Crippen LogP contribution is 2.27. The Bertz CT molecular complexity index is 1170. The van der Waals surface area contributed by atoms with Crippen LogP contribution in [0.4, 0.5) is 0 Å². The van der Waals surface area contributed by atoms with E-state index >= 15 is 0 Å². The maximum Gasteiger partial charge on any atom is 0.211 e. The van der Waals surface area contributed by atoms with Gasteiger partial charge in [-0.25, -0.2) is 4.98 Å². The number of hydrogen-bond donors (Lipinski definition) is 0. The van der Waals surface area contributed by atoms with Gasteiger partial charge in [0.2, 0.25) is 5.16 Å². The van der Waals surface area contributed by atoms with Crippen LogP contribution in [0.2, 0.25) is 0 Å². The van der Waals surface area contributed by atoms with E-state index in [0.717, 1.165) is 35.0 Å². The van der Waals surface area contributed by atoms with Gasteiger partial charge in [0.1, 0.15) is 11.3 Å². The van der Waals surface area contributed by atoms with E-state index in [9.17, 15) is 4.79 Å². The van der Waals surface area contributed by atoms with Crippen LogP contribution >= 0.6 is 11.8 Å². The molecule has 0 saturated heterocycles. The molecule has 0 aliphatic carbocycles. The van der Waals surface area contributed by atoms with Crippen molar-refractivity contribution >= 4 is 39.6 Å². The maximum absolute atomic E-state index is 11.7. The second-order valence-electron chi connectivity index (χ2n) is 6.68. The molecule has 0 atom stereocenters. The highest BCUT2D eigenvalue weighted by atomic mass is 32.2. The van der Waals surface area contributed by atoms with Crippen LogP contribution in [-0.2, 0) is 6.54 Å². The van der Waals surface area contributed by atoms with Gasteiger partial charge >= 0.3 is 0 Å². The summed E-state index contributed by atoms with van der Waals surface area (Å²) in [6.45, 7) is 5.04. The molecule has 2 aromatic heterocycles. The molecule has 2 aromatic carbocycles. The molecule has 2 heterocycles. The molecule has 4 aromatic rings. The van der Waals surface area contributed by atoms with E-state index in [1.165, 1.54) is 11.8 Å². The normalized spacial score (nSPS) is 11.2. The summed E-state index contributed by atoms with van der Waals surface area (Å²) in [6.07, 6.45) is 1.02. The molecule has 148 valence electrons. The van der Waals surface area contributed by atoms with Gasteiger partial charge in [-0.15, -0.1) is 10.2 Å². The number of hydrogen-bond acceptors (Lipinski definition) is 6. The van der Waals surface area contributed by atoms with Crippen LogP contribution < -0.4 is 4.74 Å². The van der Waals surface area contributed by atoms with Crippen molar-refractivity contribution in [2.45, 2.75) is 32.0 Å². The molecule has 0 amide bonds. The van der Waals surface area contributed by atoms with E-state index in [0.29, 0.717) is 28.8 Å². The summed E-state index contributed by atoms with van der Waals surface area (Å²) in [4.78, 5) is 16.5. The summed E-state index contributed by atoms with van der Waals surface area (Å²) in [5.41, 5.74) is 3.44. The van der Waals surface area contributed by atoms with E-state index in [4.69, 9.17) is 9.72 Å². The van der Waals surface area contributed by atoms with Crippen LogP contribution in [0, 0.1) is 0 Å². The zero-order valence-corrected chi connectivity index (χ0v) is 17.3. The van der Waals surface area contributed by atoms with Crippen molar-refractivity contribution in [2.24, 2.45) is 0 Å². The van der Waals surface area contributed by atoms with Crippen molar-refractivity contribution in [3.05, 3.63) is 54.1 Å². The van der Waals surface area contributed by atoms with E-state index in [1.54, 1.807) is 13.0 Å². The van der Waals surface area contributed by atoms with E-state index < -0.39 is 0 Å². The molecule has 29 heavy (non-hydrogen) atoms. The Labute approximate surface area is 173 Å². The maximum atomic E-state index is 11.7. The molecule has 0 saturated carbocycles. The van der Waals surface area contributed by atoms with Crippen molar-refractivity contribution in [3.8, 4) is 5.75 Å². The molecule has 0 radical (unpaired) electrons. The van der Waals surface area contributed by atoms with Crippen LogP contribution in [0.1, 0.15) is 30.6 Å². The molecule has 7 heteroatoms. The lowest BCUT2D eigenvalue weighted by atomic mass is 10.1. The van der Waals surface area contributed by atoms with E-state index in [2.05, 4.69) is 33.8 Å². The quantitative estimate of drug-likeness (QED) is 0.239. The minimum absolute atomic E-state index is 0.00464. The molecule has 6 nitrogen and oxygen atoms in total. The Morgan fingerprint density at radius 1 is 1.10 bits per heavy atom. The van der Waals surface area contributed by atoms with Crippen molar-refractivity contribution in [3.63, 3.8) is 0 Å². The average molecular weight is 407 g/mol. The van der Waals surface area contributed by atoms with Crippen LogP contribution in [0.25, 0.3) is 22.1 Å². The zero-order valence-electron chi connectivity index (χ0n) is 16.5. The topological polar surface area (TPSA) is 69.9 Å². The minimum Gasteiger partial charge on any atom is -0.492 e. The van der Waals surface area contributed by atoms with Crippen LogP contribution in [-0.4, -0.2) is 37.9 Å². The number of ketones is 1. The smallest absolute Gasteiger partial charge is 0.211 e. The fraction of sp³-hybridized carbons (Fsp3) is 0.273. The Morgan fingerprint density at radius 2 is 1.90 bits per heavy atom. The first-order valence-electron chi connectivity index (χ1n) is 9.66. The van der Waals surface area contributed by atoms with Gasteiger partial charge < -0.3 is 9.30 Å². The SMILES string of the molecule is CCCn1c2ccccc2c2nnc(SCCOc3ccccc3C(C)=O)nc21. The van der Waals surface area contributed by atoms with Gasteiger partial charge in [0.05, 0.1) is 17.7 Å². The summed E-state index contributed by atoms with van der Waals surface area (Å²) in [7, 11) is 0. The lowest BCUT2D eigenvalue weighted by Crippen LogP contribution is -2.05. The molecule has 0 fully saturated rings. The second-order valence-corrected chi connectivity index (χ2v) is 7.75. The number of rotatable bonds is 8. The van der Waals surface area contributed by atoms with Gasteiger partial charge in [0.15, 0.2) is 11.4 Å². The van der Waals surface area contributed by atoms with Crippen molar-refractivity contribution in [1.29, 1.82) is 0 Å². The lowest BCUT2D eigenvalue weighted by Gasteiger charge is -2.09. The van der Waals surface area contributed by atoms with Gasteiger partial charge in [-0.2, -0.15) is 0 Å². The zero-order chi connectivity index (χ0) is 20.2. The molecule has 0 spiro atoms.